The monoisotopic (exact) mass is 473 g/mol. The Morgan fingerprint density at radius 1 is 0.935 bits per heavy atom. The third-order valence-electron chi connectivity index (χ3n) is 4.77. The van der Waals surface area contributed by atoms with Gasteiger partial charge in [-0.3, -0.25) is 0 Å². The van der Waals surface area contributed by atoms with Crippen molar-refractivity contribution in [2.45, 2.75) is 38.4 Å². The van der Waals surface area contributed by atoms with Gasteiger partial charge in [0.25, 0.3) is 0 Å². The first-order chi connectivity index (χ1) is 15.0. The van der Waals surface area contributed by atoms with Crippen LogP contribution in [0.5, 0.6) is 5.75 Å². The Hall–Kier alpha value is -1.41. The van der Waals surface area contributed by atoms with E-state index in [0.717, 1.165) is 43.9 Å². The Labute approximate surface area is 193 Å². The molecule has 0 aliphatic carbocycles. The number of unbranched alkanes of at least 4 members (excludes halogenated alkanes) is 3. The van der Waals surface area contributed by atoms with Gasteiger partial charge in [0.05, 0.1) is 25.9 Å². The zero-order chi connectivity index (χ0) is 22.5. The van der Waals surface area contributed by atoms with E-state index in [9.17, 15) is 14.6 Å². The molecule has 0 aromatic heterocycles. The van der Waals surface area contributed by atoms with Crippen LogP contribution in [-0.4, -0.2) is 43.1 Å². The molecule has 0 heterocycles. The van der Waals surface area contributed by atoms with Crippen LogP contribution < -0.4 is 5.32 Å². The third kappa shape index (κ3) is 9.73. The van der Waals surface area contributed by atoms with E-state index in [0.29, 0.717) is 48.6 Å². The molecule has 1 atom stereocenters. The van der Waals surface area contributed by atoms with Gasteiger partial charge in [-0.2, -0.15) is 0 Å². The Morgan fingerprint density at radius 2 is 1.65 bits per heavy atom. The topological polar surface area (TPSA) is 71.0 Å². The van der Waals surface area contributed by atoms with E-state index in [4.69, 9.17) is 32.7 Å². The van der Waals surface area contributed by atoms with Crippen LogP contribution in [0, 0.1) is 5.82 Å². The Bertz CT molecular complexity index is 774. The molecule has 2 aromatic carbocycles. The number of benzene rings is 2. The molecule has 0 bridgehead atoms. The van der Waals surface area contributed by atoms with E-state index < -0.39 is 17.7 Å². The molecule has 3 N–H and O–H groups in total. The van der Waals surface area contributed by atoms with Gasteiger partial charge in [-0.25, -0.2) is 4.39 Å². The first-order valence-corrected chi connectivity index (χ1v) is 11.2. The van der Waals surface area contributed by atoms with Crippen molar-refractivity contribution in [2.75, 3.05) is 32.9 Å². The van der Waals surface area contributed by atoms with Crippen LogP contribution in [0.4, 0.5) is 4.39 Å². The zero-order valence-corrected chi connectivity index (χ0v) is 19.0. The maximum atomic E-state index is 13.3. The van der Waals surface area contributed by atoms with Crippen LogP contribution in [-0.2, 0) is 16.1 Å². The van der Waals surface area contributed by atoms with E-state index in [1.165, 1.54) is 12.1 Å². The molecule has 1 unspecified atom stereocenters. The highest BCUT2D eigenvalue weighted by Gasteiger charge is 2.10. The van der Waals surface area contributed by atoms with E-state index in [-0.39, 0.29) is 0 Å². The summed E-state index contributed by atoms with van der Waals surface area (Å²) in [5.74, 6) is -1.14. The lowest BCUT2D eigenvalue weighted by Gasteiger charge is -2.12. The van der Waals surface area contributed by atoms with Crippen molar-refractivity contribution in [1.29, 1.82) is 0 Å². The lowest BCUT2D eigenvalue weighted by atomic mass is 10.1. The van der Waals surface area contributed by atoms with Crippen molar-refractivity contribution in [3.8, 4) is 5.75 Å². The molecule has 0 aliphatic rings. The highest BCUT2D eigenvalue weighted by atomic mass is 35.5. The zero-order valence-electron chi connectivity index (χ0n) is 17.5. The minimum Gasteiger partial charge on any atom is -0.505 e. The summed E-state index contributed by atoms with van der Waals surface area (Å²) in [5, 5.41) is 23.6. The molecule has 0 saturated heterocycles. The van der Waals surface area contributed by atoms with E-state index in [2.05, 4.69) is 5.32 Å². The number of hydrogen-bond donors (Lipinski definition) is 3. The lowest BCUT2D eigenvalue weighted by Crippen LogP contribution is -2.22. The second kappa shape index (κ2) is 14.6. The molecule has 2 aromatic rings. The summed E-state index contributed by atoms with van der Waals surface area (Å²) >= 11 is 12.2. The van der Waals surface area contributed by atoms with Crippen LogP contribution in [0.1, 0.15) is 42.9 Å². The Morgan fingerprint density at radius 3 is 2.39 bits per heavy atom. The molecule has 0 radical (unpaired) electrons. The molecular formula is C23H30Cl2FNO4. The van der Waals surface area contributed by atoms with Gasteiger partial charge in [0.15, 0.2) is 11.6 Å². The predicted molar refractivity (Wildman–Crippen MR) is 121 cm³/mol. The van der Waals surface area contributed by atoms with Crippen LogP contribution in [0.15, 0.2) is 36.4 Å². The van der Waals surface area contributed by atoms with Crippen LogP contribution in [0.25, 0.3) is 0 Å². The fourth-order valence-electron chi connectivity index (χ4n) is 2.96. The van der Waals surface area contributed by atoms with Crippen molar-refractivity contribution < 1.29 is 24.1 Å². The molecule has 31 heavy (non-hydrogen) atoms. The normalized spacial score (nSPS) is 12.3. The van der Waals surface area contributed by atoms with E-state index in [1.54, 1.807) is 18.2 Å². The Kier molecular flexibility index (Phi) is 12.2. The van der Waals surface area contributed by atoms with Gasteiger partial charge >= 0.3 is 0 Å². The number of aliphatic hydroxyl groups excluding tert-OH is 1. The van der Waals surface area contributed by atoms with Gasteiger partial charge < -0.3 is 25.0 Å². The van der Waals surface area contributed by atoms with E-state index >= 15 is 0 Å². The molecule has 8 heteroatoms. The van der Waals surface area contributed by atoms with Gasteiger partial charge in [0.1, 0.15) is 0 Å². The van der Waals surface area contributed by atoms with Crippen molar-refractivity contribution in [3.63, 3.8) is 0 Å². The van der Waals surface area contributed by atoms with Gasteiger partial charge in [0.2, 0.25) is 0 Å². The number of aromatic hydroxyl groups is 1. The molecule has 0 fully saturated rings. The molecular weight excluding hydrogens is 444 g/mol. The number of phenols is 1. The largest absolute Gasteiger partial charge is 0.505 e. The summed E-state index contributed by atoms with van der Waals surface area (Å²) in [5.41, 5.74) is 1.24. The van der Waals surface area contributed by atoms with Crippen molar-refractivity contribution >= 4 is 23.2 Å². The standard InChI is InChI=1S/C23H30Cl2FNO4/c24-19-6-5-7-20(25)18(19)16-31-13-12-30-11-4-2-1-3-10-27-15-23(29)17-8-9-22(28)21(26)14-17/h5-9,14,23,27-29H,1-4,10-13,15-16H2. The number of aliphatic hydroxyl groups is 1. The number of ether oxygens (including phenoxy) is 2. The van der Waals surface area contributed by atoms with E-state index in [1.807, 2.05) is 0 Å². The summed E-state index contributed by atoms with van der Waals surface area (Å²) < 4.78 is 24.4. The minimum absolute atomic E-state index is 0.340. The summed E-state index contributed by atoms with van der Waals surface area (Å²) in [6, 6.07) is 9.29. The average Bonchev–Trinajstić information content (AvgIpc) is 2.75. The summed E-state index contributed by atoms with van der Waals surface area (Å²) in [6.07, 6.45) is 3.27. The summed E-state index contributed by atoms with van der Waals surface area (Å²) in [4.78, 5) is 0. The second-order valence-electron chi connectivity index (χ2n) is 7.21. The first-order valence-electron chi connectivity index (χ1n) is 10.4. The summed E-state index contributed by atoms with van der Waals surface area (Å²) in [7, 11) is 0. The molecule has 5 nitrogen and oxygen atoms in total. The second-order valence-corrected chi connectivity index (χ2v) is 8.02. The first kappa shape index (κ1) is 25.8. The third-order valence-corrected chi connectivity index (χ3v) is 5.47. The number of hydrogen-bond acceptors (Lipinski definition) is 5. The smallest absolute Gasteiger partial charge is 0.165 e. The van der Waals surface area contributed by atoms with Crippen molar-refractivity contribution in [3.05, 3.63) is 63.4 Å². The molecule has 0 aliphatic heterocycles. The van der Waals surface area contributed by atoms with Crippen molar-refractivity contribution in [1.82, 2.24) is 5.32 Å². The molecule has 172 valence electrons. The number of rotatable bonds is 15. The molecule has 0 saturated carbocycles. The summed E-state index contributed by atoms with van der Waals surface area (Å²) in [6.45, 7) is 3.18. The highest BCUT2D eigenvalue weighted by molar-refractivity contribution is 6.35. The van der Waals surface area contributed by atoms with Crippen LogP contribution in [0.2, 0.25) is 10.0 Å². The predicted octanol–water partition coefficient (Wildman–Crippen LogP) is 5.25. The van der Waals surface area contributed by atoms with Gasteiger partial charge in [-0.05, 0) is 49.2 Å². The fraction of sp³-hybridized carbons (Fsp3) is 0.478. The SMILES string of the molecule is Oc1ccc(C(O)CNCCCCCCOCCOCc2c(Cl)cccc2Cl)cc1F. The Balaban J connectivity index is 1.40. The van der Waals surface area contributed by atoms with Crippen LogP contribution >= 0.6 is 23.2 Å². The minimum atomic E-state index is -0.806. The van der Waals surface area contributed by atoms with Crippen LogP contribution in [0.3, 0.4) is 0 Å². The molecule has 2 rings (SSSR count). The van der Waals surface area contributed by atoms with Gasteiger partial charge in [-0.1, -0.05) is 48.2 Å². The maximum Gasteiger partial charge on any atom is 0.165 e. The quantitative estimate of drug-likeness (QED) is 0.308. The number of halogens is 3. The van der Waals surface area contributed by atoms with Gasteiger partial charge in [-0.15, -0.1) is 0 Å². The fourth-order valence-corrected chi connectivity index (χ4v) is 3.47. The lowest BCUT2D eigenvalue weighted by molar-refractivity contribution is 0.0393. The maximum absolute atomic E-state index is 13.3. The molecule has 0 spiro atoms. The van der Waals surface area contributed by atoms with Crippen molar-refractivity contribution in [2.24, 2.45) is 0 Å². The average molecular weight is 474 g/mol. The number of nitrogens with one attached hydrogen (secondary N) is 1. The molecule has 0 amide bonds. The number of phenolic OH excluding ortho intramolecular Hbond substituents is 1. The van der Waals surface area contributed by atoms with Gasteiger partial charge in [0, 0.05) is 28.8 Å². The highest BCUT2D eigenvalue weighted by Crippen LogP contribution is 2.24.